The van der Waals surface area contributed by atoms with Gasteiger partial charge in [0.1, 0.15) is 5.82 Å². The second kappa shape index (κ2) is 4.06. The average molecular weight is 217 g/mol. The highest BCUT2D eigenvalue weighted by Crippen LogP contribution is 2.24. The van der Waals surface area contributed by atoms with Crippen molar-refractivity contribution in [3.05, 3.63) is 23.4 Å². The van der Waals surface area contributed by atoms with Crippen molar-refractivity contribution < 1.29 is 0 Å². The summed E-state index contributed by atoms with van der Waals surface area (Å²) < 4.78 is 0. The normalized spacial score (nSPS) is 23.4. The van der Waals surface area contributed by atoms with E-state index in [1.165, 1.54) is 36.9 Å². The first kappa shape index (κ1) is 10.1. The SMILES string of the molecule is CN(c1ccc2c(n1)CCC2)C1CCNC1. The Kier molecular flexibility index (Phi) is 2.56. The Hall–Kier alpha value is -1.09. The Morgan fingerprint density at radius 2 is 2.31 bits per heavy atom. The van der Waals surface area contributed by atoms with Crippen molar-refractivity contribution in [1.29, 1.82) is 0 Å². The van der Waals surface area contributed by atoms with Gasteiger partial charge in [-0.1, -0.05) is 6.07 Å². The van der Waals surface area contributed by atoms with Crippen molar-refractivity contribution in [2.45, 2.75) is 31.7 Å². The molecule has 3 rings (SSSR count). The molecule has 0 spiro atoms. The summed E-state index contributed by atoms with van der Waals surface area (Å²) in [5, 5.41) is 3.41. The average Bonchev–Trinajstić information content (AvgIpc) is 2.98. The van der Waals surface area contributed by atoms with E-state index in [2.05, 4.69) is 29.4 Å². The fourth-order valence-corrected chi connectivity index (χ4v) is 2.76. The number of anilines is 1. The Balaban J connectivity index is 1.83. The zero-order chi connectivity index (χ0) is 11.0. The van der Waals surface area contributed by atoms with Crippen molar-refractivity contribution in [3.8, 4) is 0 Å². The molecule has 3 nitrogen and oxygen atoms in total. The van der Waals surface area contributed by atoms with Gasteiger partial charge < -0.3 is 10.2 Å². The van der Waals surface area contributed by atoms with E-state index in [9.17, 15) is 0 Å². The second-order valence-corrected chi connectivity index (χ2v) is 4.89. The van der Waals surface area contributed by atoms with E-state index < -0.39 is 0 Å². The number of hydrogen-bond acceptors (Lipinski definition) is 3. The van der Waals surface area contributed by atoms with Gasteiger partial charge in [0.25, 0.3) is 0 Å². The van der Waals surface area contributed by atoms with Crippen molar-refractivity contribution in [3.63, 3.8) is 0 Å². The van der Waals surface area contributed by atoms with Crippen LogP contribution in [0.1, 0.15) is 24.1 Å². The van der Waals surface area contributed by atoms with E-state index in [1.807, 2.05) is 0 Å². The number of aromatic nitrogens is 1. The van der Waals surface area contributed by atoms with Crippen LogP contribution < -0.4 is 10.2 Å². The molecule has 0 bridgehead atoms. The predicted molar refractivity (Wildman–Crippen MR) is 65.9 cm³/mol. The van der Waals surface area contributed by atoms with Crippen LogP contribution in [0.2, 0.25) is 0 Å². The number of fused-ring (bicyclic) bond motifs is 1. The number of hydrogen-bond donors (Lipinski definition) is 1. The van der Waals surface area contributed by atoms with E-state index in [1.54, 1.807) is 0 Å². The van der Waals surface area contributed by atoms with Crippen LogP contribution in [0.15, 0.2) is 12.1 Å². The lowest BCUT2D eigenvalue weighted by atomic mass is 10.2. The summed E-state index contributed by atoms with van der Waals surface area (Å²) in [4.78, 5) is 7.13. The lowest BCUT2D eigenvalue weighted by Crippen LogP contribution is -2.34. The number of nitrogens with one attached hydrogen (secondary N) is 1. The van der Waals surface area contributed by atoms with Crippen LogP contribution in [-0.2, 0) is 12.8 Å². The first-order valence-electron chi connectivity index (χ1n) is 6.27. The van der Waals surface area contributed by atoms with Crippen LogP contribution in [0, 0.1) is 0 Å². The first-order chi connectivity index (χ1) is 7.84. The van der Waals surface area contributed by atoms with Crippen LogP contribution >= 0.6 is 0 Å². The Labute approximate surface area is 96.9 Å². The molecule has 1 fully saturated rings. The highest BCUT2D eigenvalue weighted by molar-refractivity contribution is 5.43. The van der Waals surface area contributed by atoms with Gasteiger partial charge in [-0.25, -0.2) is 4.98 Å². The Bertz CT molecular complexity index is 383. The fourth-order valence-electron chi connectivity index (χ4n) is 2.76. The van der Waals surface area contributed by atoms with Gasteiger partial charge in [0.15, 0.2) is 0 Å². The molecule has 1 atom stereocenters. The van der Waals surface area contributed by atoms with Crippen LogP contribution in [-0.4, -0.2) is 31.2 Å². The van der Waals surface area contributed by atoms with Gasteiger partial charge >= 0.3 is 0 Å². The molecule has 1 aromatic heterocycles. The molecule has 1 unspecified atom stereocenters. The predicted octanol–water partition coefficient (Wildman–Crippen LogP) is 1.37. The molecule has 16 heavy (non-hydrogen) atoms. The number of aryl methyl sites for hydroxylation is 2. The third-order valence-corrected chi connectivity index (χ3v) is 3.86. The zero-order valence-corrected chi connectivity index (χ0v) is 9.87. The smallest absolute Gasteiger partial charge is 0.128 e. The van der Waals surface area contributed by atoms with Gasteiger partial charge in [0.05, 0.1) is 0 Å². The molecule has 1 saturated heterocycles. The minimum absolute atomic E-state index is 0.618. The molecule has 1 aliphatic heterocycles. The molecule has 0 saturated carbocycles. The van der Waals surface area contributed by atoms with Gasteiger partial charge in [0.2, 0.25) is 0 Å². The van der Waals surface area contributed by atoms with Crippen molar-refractivity contribution >= 4 is 5.82 Å². The summed E-state index contributed by atoms with van der Waals surface area (Å²) in [5.74, 6) is 1.15. The van der Waals surface area contributed by atoms with Gasteiger partial charge in [-0.3, -0.25) is 0 Å². The maximum Gasteiger partial charge on any atom is 0.128 e. The summed E-state index contributed by atoms with van der Waals surface area (Å²) >= 11 is 0. The monoisotopic (exact) mass is 217 g/mol. The van der Waals surface area contributed by atoms with Crippen molar-refractivity contribution in [2.75, 3.05) is 25.0 Å². The lowest BCUT2D eigenvalue weighted by molar-refractivity contribution is 0.676. The molecule has 3 heteroatoms. The molecule has 0 amide bonds. The quantitative estimate of drug-likeness (QED) is 0.811. The summed E-state index contributed by atoms with van der Waals surface area (Å²) in [6.45, 7) is 2.23. The lowest BCUT2D eigenvalue weighted by Gasteiger charge is -2.25. The fraction of sp³-hybridized carbons (Fsp3) is 0.615. The van der Waals surface area contributed by atoms with Gasteiger partial charge in [-0.2, -0.15) is 0 Å². The standard InChI is InChI=1S/C13H19N3/c1-16(11-7-8-14-9-11)13-6-5-10-3-2-4-12(10)15-13/h5-6,11,14H,2-4,7-9H2,1H3. The molecule has 1 aliphatic carbocycles. The largest absolute Gasteiger partial charge is 0.355 e. The molecule has 0 radical (unpaired) electrons. The van der Waals surface area contributed by atoms with E-state index >= 15 is 0 Å². The summed E-state index contributed by atoms with van der Waals surface area (Å²) in [7, 11) is 2.17. The summed E-state index contributed by atoms with van der Waals surface area (Å²) in [6, 6.07) is 5.07. The first-order valence-corrected chi connectivity index (χ1v) is 6.27. The molecule has 0 aromatic carbocycles. The van der Waals surface area contributed by atoms with Crippen LogP contribution in [0.3, 0.4) is 0 Å². The molecule has 2 aliphatic rings. The van der Waals surface area contributed by atoms with Gasteiger partial charge in [-0.15, -0.1) is 0 Å². The van der Waals surface area contributed by atoms with E-state index in [0.717, 1.165) is 18.9 Å². The van der Waals surface area contributed by atoms with E-state index in [0.29, 0.717) is 6.04 Å². The molecule has 2 heterocycles. The number of rotatable bonds is 2. The van der Waals surface area contributed by atoms with E-state index in [-0.39, 0.29) is 0 Å². The van der Waals surface area contributed by atoms with Gasteiger partial charge in [0, 0.05) is 25.3 Å². The van der Waals surface area contributed by atoms with Crippen LogP contribution in [0.5, 0.6) is 0 Å². The number of nitrogens with zero attached hydrogens (tertiary/aromatic N) is 2. The minimum atomic E-state index is 0.618. The second-order valence-electron chi connectivity index (χ2n) is 4.89. The molecular weight excluding hydrogens is 198 g/mol. The highest BCUT2D eigenvalue weighted by atomic mass is 15.2. The summed E-state index contributed by atoms with van der Waals surface area (Å²) in [5.41, 5.74) is 2.79. The van der Waals surface area contributed by atoms with Crippen LogP contribution in [0.4, 0.5) is 5.82 Å². The van der Waals surface area contributed by atoms with Crippen molar-refractivity contribution in [1.82, 2.24) is 10.3 Å². The highest BCUT2D eigenvalue weighted by Gasteiger charge is 2.21. The maximum atomic E-state index is 4.80. The third-order valence-electron chi connectivity index (χ3n) is 3.86. The molecule has 1 aromatic rings. The van der Waals surface area contributed by atoms with E-state index in [4.69, 9.17) is 4.98 Å². The Morgan fingerprint density at radius 1 is 1.38 bits per heavy atom. The van der Waals surface area contributed by atoms with Gasteiger partial charge in [-0.05, 0) is 43.9 Å². The topological polar surface area (TPSA) is 28.2 Å². The zero-order valence-electron chi connectivity index (χ0n) is 9.87. The number of likely N-dealkylation sites (N-methyl/N-ethyl adjacent to an activating group) is 1. The molecule has 1 N–H and O–H groups in total. The minimum Gasteiger partial charge on any atom is -0.355 e. The maximum absolute atomic E-state index is 4.80. The molecular formula is C13H19N3. The third kappa shape index (κ3) is 1.69. The van der Waals surface area contributed by atoms with Crippen LogP contribution in [0.25, 0.3) is 0 Å². The molecule has 86 valence electrons. The Morgan fingerprint density at radius 3 is 3.12 bits per heavy atom. The van der Waals surface area contributed by atoms with Crippen molar-refractivity contribution in [2.24, 2.45) is 0 Å². The summed E-state index contributed by atoms with van der Waals surface area (Å²) in [6.07, 6.45) is 4.90. The number of pyridine rings is 1.